The first-order chi connectivity index (χ1) is 8.60. The molecule has 0 unspecified atom stereocenters. The van der Waals surface area contributed by atoms with E-state index in [1.165, 1.54) is 5.70 Å². The van der Waals surface area contributed by atoms with Crippen LogP contribution in [0.5, 0.6) is 0 Å². The van der Waals surface area contributed by atoms with E-state index in [-0.39, 0.29) is 11.1 Å². The fourth-order valence-corrected chi connectivity index (χ4v) is 3.06. The van der Waals surface area contributed by atoms with Crippen LogP contribution in [0.2, 0.25) is 0 Å². The molecule has 3 heteroatoms. The topological polar surface area (TPSA) is 23.6 Å². The summed E-state index contributed by atoms with van der Waals surface area (Å²) < 4.78 is 0. The summed E-state index contributed by atoms with van der Waals surface area (Å²) in [5.74, 6) is 0.338. The molecule has 2 rings (SSSR count). The largest absolute Gasteiger partial charge is 0.369 e. The molecule has 0 aromatic carbocycles. The van der Waals surface area contributed by atoms with Gasteiger partial charge in [-0.15, -0.1) is 0 Å². The van der Waals surface area contributed by atoms with E-state index in [1.807, 2.05) is 0 Å². The molecule has 0 N–H and O–H groups in total. The Morgan fingerprint density at radius 2 is 1.58 bits per heavy atom. The van der Waals surface area contributed by atoms with Gasteiger partial charge in [0.25, 0.3) is 0 Å². The second-order valence-electron chi connectivity index (χ2n) is 7.80. The minimum atomic E-state index is 0.0508. The lowest BCUT2D eigenvalue weighted by atomic mass is 9.89. The van der Waals surface area contributed by atoms with Crippen LogP contribution in [-0.2, 0) is 4.79 Å². The van der Waals surface area contributed by atoms with Crippen molar-refractivity contribution in [2.24, 2.45) is 0 Å². The van der Waals surface area contributed by atoms with E-state index in [2.05, 4.69) is 51.3 Å². The monoisotopic (exact) mass is 264 g/mol. The Labute approximate surface area is 117 Å². The van der Waals surface area contributed by atoms with Crippen molar-refractivity contribution in [1.82, 2.24) is 9.80 Å². The van der Waals surface area contributed by atoms with Gasteiger partial charge in [-0.1, -0.05) is 0 Å². The van der Waals surface area contributed by atoms with Crippen molar-refractivity contribution in [3.8, 4) is 0 Å². The van der Waals surface area contributed by atoms with Gasteiger partial charge in [-0.25, -0.2) is 0 Å². The van der Waals surface area contributed by atoms with E-state index in [0.29, 0.717) is 12.3 Å². The first kappa shape index (κ1) is 14.6. The predicted octanol–water partition coefficient (Wildman–Crippen LogP) is 2.82. The number of rotatable bonds is 0. The molecule has 2 aliphatic rings. The average molecular weight is 264 g/mol. The van der Waals surface area contributed by atoms with Gasteiger partial charge >= 0.3 is 0 Å². The molecule has 0 aliphatic carbocycles. The number of Topliss-reactive ketones (excluding diaryl/α,β-unsaturated/α-hetero) is 1. The molecule has 0 aromatic heterocycles. The minimum Gasteiger partial charge on any atom is -0.369 e. The Kier molecular flexibility index (Phi) is 3.54. The summed E-state index contributed by atoms with van der Waals surface area (Å²) in [6.07, 6.45) is 2.08. The first-order valence-corrected chi connectivity index (χ1v) is 7.38. The van der Waals surface area contributed by atoms with Crippen LogP contribution in [0.25, 0.3) is 0 Å². The molecule has 108 valence electrons. The van der Waals surface area contributed by atoms with Crippen LogP contribution in [0.15, 0.2) is 11.3 Å². The quantitative estimate of drug-likeness (QED) is 0.672. The van der Waals surface area contributed by atoms with Crippen molar-refractivity contribution in [3.63, 3.8) is 0 Å². The SMILES string of the molecule is CC(C)(C)N1CC(=O)C2=C(C1)N(C(C)(C)C)CCC2. The standard InChI is InChI=1S/C16H28N2O/c1-15(2,3)17-10-13-12(14(19)11-17)8-7-9-18(13)16(4,5)6/h7-11H2,1-6H3. The summed E-state index contributed by atoms with van der Waals surface area (Å²) in [6.45, 7) is 15.9. The van der Waals surface area contributed by atoms with Crippen molar-refractivity contribution in [1.29, 1.82) is 0 Å². The van der Waals surface area contributed by atoms with Gasteiger partial charge in [0, 0.05) is 35.4 Å². The first-order valence-electron chi connectivity index (χ1n) is 7.38. The molecule has 0 atom stereocenters. The van der Waals surface area contributed by atoms with Gasteiger partial charge in [0.1, 0.15) is 0 Å². The molecular formula is C16H28N2O. The maximum Gasteiger partial charge on any atom is 0.174 e. The number of carbonyl (C=O) groups excluding carboxylic acids is 1. The average Bonchev–Trinajstić information content (AvgIpc) is 2.25. The Balaban J connectivity index is 2.36. The molecule has 19 heavy (non-hydrogen) atoms. The fraction of sp³-hybridized carbons (Fsp3) is 0.812. The van der Waals surface area contributed by atoms with Crippen molar-refractivity contribution in [2.45, 2.75) is 65.5 Å². The minimum absolute atomic E-state index is 0.0508. The van der Waals surface area contributed by atoms with Gasteiger partial charge in [0.2, 0.25) is 0 Å². The van der Waals surface area contributed by atoms with Crippen LogP contribution in [-0.4, -0.2) is 46.3 Å². The number of carbonyl (C=O) groups is 1. The lowest BCUT2D eigenvalue weighted by Crippen LogP contribution is -2.55. The Bertz CT molecular complexity index is 409. The highest BCUT2D eigenvalue weighted by Gasteiger charge is 2.38. The molecule has 0 amide bonds. The maximum absolute atomic E-state index is 12.4. The molecule has 0 bridgehead atoms. The van der Waals surface area contributed by atoms with E-state index < -0.39 is 0 Å². The van der Waals surface area contributed by atoms with E-state index in [9.17, 15) is 4.79 Å². The van der Waals surface area contributed by atoms with Crippen LogP contribution in [0.3, 0.4) is 0 Å². The summed E-state index contributed by atoms with van der Waals surface area (Å²) >= 11 is 0. The van der Waals surface area contributed by atoms with Crippen molar-refractivity contribution < 1.29 is 4.79 Å². The molecule has 0 spiro atoms. The summed E-state index contributed by atoms with van der Waals surface area (Å²) in [4.78, 5) is 17.2. The van der Waals surface area contributed by atoms with Gasteiger partial charge in [-0.3, -0.25) is 9.69 Å². The lowest BCUT2D eigenvalue weighted by molar-refractivity contribution is -0.119. The smallest absolute Gasteiger partial charge is 0.174 e. The molecule has 0 saturated carbocycles. The third-order valence-corrected chi connectivity index (χ3v) is 4.25. The molecule has 0 aromatic rings. The third kappa shape index (κ3) is 2.86. The van der Waals surface area contributed by atoms with Crippen LogP contribution in [0, 0.1) is 0 Å². The fourth-order valence-electron chi connectivity index (χ4n) is 3.06. The van der Waals surface area contributed by atoms with Gasteiger partial charge in [-0.05, 0) is 54.4 Å². The van der Waals surface area contributed by atoms with Crippen LogP contribution in [0.4, 0.5) is 0 Å². The Morgan fingerprint density at radius 1 is 0.947 bits per heavy atom. The number of nitrogens with zero attached hydrogens (tertiary/aromatic N) is 2. The van der Waals surface area contributed by atoms with E-state index >= 15 is 0 Å². The Hall–Kier alpha value is -0.830. The van der Waals surface area contributed by atoms with E-state index in [4.69, 9.17) is 0 Å². The van der Waals surface area contributed by atoms with Crippen LogP contribution < -0.4 is 0 Å². The van der Waals surface area contributed by atoms with E-state index in [1.54, 1.807) is 0 Å². The number of ketones is 1. The third-order valence-electron chi connectivity index (χ3n) is 4.25. The highest BCUT2D eigenvalue weighted by Crippen LogP contribution is 2.34. The highest BCUT2D eigenvalue weighted by molar-refractivity contribution is 5.98. The number of hydrogen-bond donors (Lipinski definition) is 0. The molecule has 0 saturated heterocycles. The van der Waals surface area contributed by atoms with Crippen LogP contribution in [0.1, 0.15) is 54.4 Å². The molecule has 0 radical (unpaired) electrons. The molecule has 0 fully saturated rings. The molecular weight excluding hydrogens is 236 g/mol. The van der Waals surface area contributed by atoms with Gasteiger partial charge in [-0.2, -0.15) is 0 Å². The van der Waals surface area contributed by atoms with Crippen molar-refractivity contribution >= 4 is 5.78 Å². The van der Waals surface area contributed by atoms with E-state index in [0.717, 1.165) is 31.5 Å². The maximum atomic E-state index is 12.4. The second-order valence-corrected chi connectivity index (χ2v) is 7.80. The Morgan fingerprint density at radius 3 is 2.11 bits per heavy atom. The van der Waals surface area contributed by atoms with Gasteiger partial charge in [0.05, 0.1) is 6.54 Å². The summed E-state index contributed by atoms with van der Waals surface area (Å²) in [7, 11) is 0. The summed E-state index contributed by atoms with van der Waals surface area (Å²) in [5.41, 5.74) is 2.53. The van der Waals surface area contributed by atoms with Crippen LogP contribution >= 0.6 is 0 Å². The number of hydrogen-bond acceptors (Lipinski definition) is 3. The van der Waals surface area contributed by atoms with Gasteiger partial charge < -0.3 is 4.90 Å². The zero-order valence-corrected chi connectivity index (χ0v) is 13.3. The van der Waals surface area contributed by atoms with Gasteiger partial charge in [0.15, 0.2) is 5.78 Å². The highest BCUT2D eigenvalue weighted by atomic mass is 16.1. The molecule has 2 heterocycles. The zero-order valence-electron chi connectivity index (χ0n) is 13.3. The molecule has 2 aliphatic heterocycles. The normalized spacial score (nSPS) is 22.8. The summed E-state index contributed by atoms with van der Waals surface area (Å²) in [6, 6.07) is 0. The van der Waals surface area contributed by atoms with Crippen molar-refractivity contribution in [3.05, 3.63) is 11.3 Å². The predicted molar refractivity (Wildman–Crippen MR) is 79.1 cm³/mol. The zero-order chi connectivity index (χ0) is 14.4. The second kappa shape index (κ2) is 4.62. The van der Waals surface area contributed by atoms with Crippen molar-refractivity contribution in [2.75, 3.05) is 19.6 Å². The molecule has 3 nitrogen and oxygen atoms in total. The lowest BCUT2D eigenvalue weighted by Gasteiger charge is -2.48. The summed E-state index contributed by atoms with van der Waals surface area (Å²) in [5, 5.41) is 0.